The second kappa shape index (κ2) is 42.7. The molecule has 0 fully saturated rings. The van der Waals surface area contributed by atoms with Crippen molar-refractivity contribution in [1.82, 2.24) is 0 Å². The van der Waals surface area contributed by atoms with Gasteiger partial charge in [-0.2, -0.15) is 0 Å². The first-order valence-electron chi connectivity index (χ1n) is 49.3. The number of benzene rings is 13. The molecule has 0 atom stereocenters. The van der Waals surface area contributed by atoms with E-state index in [1.807, 2.05) is 24.6 Å². The lowest BCUT2D eigenvalue weighted by Crippen LogP contribution is -2.20. The number of allylic oxidation sites excluding steroid dienone is 1. The molecular formula is C129H160N4. The van der Waals surface area contributed by atoms with Crippen LogP contribution < -0.4 is 0 Å². The molecule has 0 amide bonds. The molecule has 0 saturated heterocycles. The van der Waals surface area contributed by atoms with Crippen molar-refractivity contribution in [3.8, 4) is 0 Å². The van der Waals surface area contributed by atoms with E-state index < -0.39 is 0 Å². The highest BCUT2D eigenvalue weighted by atomic mass is 14.8. The highest BCUT2D eigenvalue weighted by Gasteiger charge is 2.32. The summed E-state index contributed by atoms with van der Waals surface area (Å²) < 4.78 is 0. The van der Waals surface area contributed by atoms with Gasteiger partial charge in [0.05, 0.1) is 22.7 Å². The Morgan fingerprint density at radius 2 is 0.541 bits per heavy atom. The van der Waals surface area contributed by atoms with Gasteiger partial charge in [-0.05, 0) is 239 Å². The maximum atomic E-state index is 4.64. The van der Waals surface area contributed by atoms with Crippen molar-refractivity contribution in [3.05, 3.63) is 374 Å². The van der Waals surface area contributed by atoms with Crippen LogP contribution in [0.15, 0.2) is 299 Å². The minimum Gasteiger partial charge on any atom is -0.261 e. The first kappa shape index (κ1) is 103. The van der Waals surface area contributed by atoms with E-state index in [9.17, 15) is 0 Å². The summed E-state index contributed by atoms with van der Waals surface area (Å²) in [6.45, 7) is 67.6. The Morgan fingerprint density at radius 3 is 0.940 bits per heavy atom. The summed E-state index contributed by atoms with van der Waals surface area (Å²) in [5, 5.41) is 7.96. The SMILES string of the molecule is CC(C)(C)C1=Nc2ccccc2C1.CC(C)(C)C1=Nc2ccccc2C1.CC(C)(C)C1Cc2ccccc2C1.CC(C)(C)c1ccc2c(c1)CC=C2.CC(C)(C)c1ccc2c(c1)CC=N2.CC(C)(C)c1ccc2c(c1)CCC2.CC(C)(C)c1ccc2c(c1)N=CC2.CC(C)(C)c1ccc2ccccc2c1.CC(C)(C)c1ccc2ccccc2c1.CC(C)(C)c1ccc2ccccc2c1. The van der Waals surface area contributed by atoms with Crippen molar-refractivity contribution in [3.63, 3.8) is 0 Å². The number of rotatable bonds is 0. The molecule has 13 aromatic carbocycles. The summed E-state index contributed by atoms with van der Waals surface area (Å²) in [6, 6.07) is 98.3. The normalized spacial score (nSPS) is 14.4. The maximum absolute atomic E-state index is 4.64. The van der Waals surface area contributed by atoms with Crippen LogP contribution in [0.3, 0.4) is 0 Å². The molecule has 696 valence electrons. The zero-order valence-electron chi connectivity index (χ0n) is 87.2. The van der Waals surface area contributed by atoms with Gasteiger partial charge in [0.25, 0.3) is 0 Å². The Hall–Kier alpha value is -10.9. The third kappa shape index (κ3) is 29.3. The van der Waals surface area contributed by atoms with Gasteiger partial charge < -0.3 is 0 Å². The first-order chi connectivity index (χ1) is 62.2. The molecule has 4 aliphatic heterocycles. The monoisotopic (exact) mass is 1770 g/mol. The number of para-hydroxylation sites is 2. The van der Waals surface area contributed by atoms with Gasteiger partial charge in [-0.25, -0.2) is 0 Å². The molecule has 4 heterocycles. The number of fused-ring (bicyclic) bond motifs is 10. The van der Waals surface area contributed by atoms with E-state index in [0.29, 0.717) is 10.8 Å². The van der Waals surface area contributed by atoms with Crippen LogP contribution in [0.4, 0.5) is 22.7 Å². The zero-order chi connectivity index (χ0) is 96.9. The molecule has 0 aromatic heterocycles. The van der Waals surface area contributed by atoms with Crippen LogP contribution in [0, 0.1) is 22.2 Å². The largest absolute Gasteiger partial charge is 0.261 e. The van der Waals surface area contributed by atoms with E-state index in [1.165, 1.54) is 148 Å². The van der Waals surface area contributed by atoms with E-state index >= 15 is 0 Å². The number of hydrogen-bond acceptors (Lipinski definition) is 4. The molecule has 3 aliphatic carbocycles. The molecule has 0 N–H and O–H groups in total. The molecule has 4 heteroatoms. The molecule has 13 aromatic rings. The Balaban J connectivity index is 0.000000142. The fourth-order valence-electron chi connectivity index (χ4n) is 17.2. The van der Waals surface area contributed by atoms with Crippen molar-refractivity contribution >= 4 is 85.0 Å². The molecule has 4 nitrogen and oxygen atoms in total. The molecule has 133 heavy (non-hydrogen) atoms. The molecule has 0 saturated carbocycles. The Kier molecular flexibility index (Phi) is 33.0. The zero-order valence-corrected chi connectivity index (χ0v) is 87.2. The van der Waals surface area contributed by atoms with E-state index in [2.05, 4.69) is 501 Å². The highest BCUT2D eigenvalue weighted by Crippen LogP contribution is 2.41. The van der Waals surface area contributed by atoms with E-state index in [4.69, 9.17) is 0 Å². The molecule has 0 bridgehead atoms. The molecule has 0 spiro atoms. The van der Waals surface area contributed by atoms with Crippen molar-refractivity contribution in [2.75, 3.05) is 0 Å². The van der Waals surface area contributed by atoms with E-state index in [1.54, 1.807) is 22.3 Å². The Labute approximate surface area is 805 Å². The smallest absolute Gasteiger partial charge is 0.0665 e. The molecular weight excluding hydrogens is 1610 g/mol. The molecule has 20 rings (SSSR count). The van der Waals surface area contributed by atoms with Gasteiger partial charge in [0.15, 0.2) is 0 Å². The van der Waals surface area contributed by atoms with Crippen LogP contribution in [0.2, 0.25) is 0 Å². The summed E-state index contributed by atoms with van der Waals surface area (Å²) in [4.78, 5) is 17.9. The molecule has 0 radical (unpaired) electrons. The maximum Gasteiger partial charge on any atom is 0.0665 e. The number of aryl methyl sites for hydroxylation is 2. The quantitative estimate of drug-likeness (QED) is 0.145. The van der Waals surface area contributed by atoms with Crippen LogP contribution >= 0.6 is 0 Å². The summed E-state index contributed by atoms with van der Waals surface area (Å²) in [5.41, 5.74) is 34.4. The highest BCUT2D eigenvalue weighted by molar-refractivity contribution is 5.98. The second-order valence-electron chi connectivity index (χ2n) is 48.0. The predicted molar refractivity (Wildman–Crippen MR) is 587 cm³/mol. The number of hydrogen-bond donors (Lipinski definition) is 0. The van der Waals surface area contributed by atoms with Crippen LogP contribution in [-0.4, -0.2) is 23.9 Å². The van der Waals surface area contributed by atoms with Crippen LogP contribution in [-0.2, 0) is 95.7 Å². The van der Waals surface area contributed by atoms with Gasteiger partial charge in [0.2, 0.25) is 0 Å². The van der Waals surface area contributed by atoms with Crippen molar-refractivity contribution in [2.45, 2.75) is 310 Å². The third-order valence-corrected chi connectivity index (χ3v) is 26.7. The summed E-state index contributed by atoms with van der Waals surface area (Å²) in [5.74, 6) is 0.838. The van der Waals surface area contributed by atoms with Gasteiger partial charge in [-0.1, -0.05) is 469 Å². The minimum absolute atomic E-state index is 0.207. The average Bonchev–Trinajstić information content (AvgIpc) is 1.46. The van der Waals surface area contributed by atoms with Gasteiger partial charge in [-0.3, -0.25) is 20.0 Å². The topological polar surface area (TPSA) is 49.4 Å². The minimum atomic E-state index is 0.207. The van der Waals surface area contributed by atoms with Gasteiger partial charge >= 0.3 is 0 Å². The van der Waals surface area contributed by atoms with Crippen molar-refractivity contribution in [2.24, 2.45) is 42.1 Å². The fraction of sp³-hybridized carbons (Fsp3) is 0.395. The van der Waals surface area contributed by atoms with Crippen LogP contribution in [0.1, 0.15) is 309 Å². The fourth-order valence-corrected chi connectivity index (χ4v) is 17.2. The van der Waals surface area contributed by atoms with Crippen LogP contribution in [0.25, 0.3) is 38.4 Å². The van der Waals surface area contributed by atoms with E-state index in [-0.39, 0.29) is 43.3 Å². The molecule has 7 aliphatic rings. The second-order valence-corrected chi connectivity index (χ2v) is 48.0. The van der Waals surface area contributed by atoms with Gasteiger partial charge in [-0.15, -0.1) is 0 Å². The average molecular weight is 1770 g/mol. The summed E-state index contributed by atoms with van der Waals surface area (Å²) >= 11 is 0. The van der Waals surface area contributed by atoms with E-state index in [0.717, 1.165) is 60.8 Å². The first-order valence-corrected chi connectivity index (χ1v) is 49.3. The van der Waals surface area contributed by atoms with Crippen molar-refractivity contribution < 1.29 is 0 Å². The van der Waals surface area contributed by atoms with Crippen LogP contribution in [0.5, 0.6) is 0 Å². The number of aliphatic imine (C=N–C) groups is 4. The van der Waals surface area contributed by atoms with Gasteiger partial charge in [0.1, 0.15) is 0 Å². The Bertz CT molecular complexity index is 5850. The standard InChI is InChI=1S/3C14H16.C13H18.C13H16.C13H18.4C12H15N/c3*1-14(2,3)13-9-8-11-6-4-5-7-12(11)10-13;2*1-13(2,3)12-8-7-10-5-4-6-11(10)9-12;1-13(2,3)12-8-10-6-4-5-7-11(10)9-12;1-12(2,3)10-4-5-11-9(8-10)6-7-13-11;1-12(2,3)10-5-4-9-6-7-13-11(9)8-10;2*1-12(2,3)11-8-9-6-4-5-7-10(9)13-11/h3*4-10H,1-3H3;7-9H,4-6H2,1-3H3;4-5,7-9H,6H2,1-3H3;4-7,12H,8-9H2,1-3H3;2*4-5,7-8H,6H2,1-3H3;2*4-7H,8H2,1-3H3. The van der Waals surface area contributed by atoms with Crippen molar-refractivity contribution in [1.29, 1.82) is 0 Å². The Morgan fingerprint density at radius 1 is 0.226 bits per heavy atom. The lowest BCUT2D eigenvalue weighted by Gasteiger charge is -2.26. The number of nitrogens with zero attached hydrogens (tertiary/aromatic N) is 4. The summed E-state index contributed by atoms with van der Waals surface area (Å²) in [7, 11) is 0. The lowest BCUT2D eigenvalue weighted by molar-refractivity contribution is 0.251. The predicted octanol–water partition coefficient (Wildman–Crippen LogP) is 36.1. The lowest BCUT2D eigenvalue weighted by atomic mass is 9.79. The third-order valence-electron chi connectivity index (χ3n) is 26.7. The molecule has 0 unspecified atom stereocenters. The summed E-state index contributed by atoms with van der Waals surface area (Å²) in [6.07, 6.45) is 20.1. The van der Waals surface area contributed by atoms with Gasteiger partial charge in [0, 0.05) is 60.4 Å².